The van der Waals surface area contributed by atoms with Crippen molar-refractivity contribution in [2.45, 2.75) is 13.8 Å². The van der Waals surface area contributed by atoms with Gasteiger partial charge in [0.15, 0.2) is 0 Å². The minimum absolute atomic E-state index is 0.211. The van der Waals surface area contributed by atoms with Crippen molar-refractivity contribution in [3.05, 3.63) is 34.9 Å². The molecule has 0 saturated heterocycles. The van der Waals surface area contributed by atoms with Crippen LogP contribution in [-0.4, -0.2) is 22.2 Å². The number of aliphatic carboxylic acids is 2. The number of hydrogen-bond donors (Lipinski definition) is 3. The Hall–Kier alpha value is -2.30. The Labute approximate surface area is 98.2 Å². The molecule has 0 unspecified atom stereocenters. The average Bonchev–Trinajstić information content (AvgIpc) is 2.15. The van der Waals surface area contributed by atoms with Gasteiger partial charge in [-0.2, -0.15) is 0 Å². The van der Waals surface area contributed by atoms with Gasteiger partial charge in [-0.3, -0.25) is 0 Å². The fourth-order valence-electron chi connectivity index (χ4n) is 1.65. The maximum absolute atomic E-state index is 10.9. The van der Waals surface area contributed by atoms with Crippen molar-refractivity contribution in [3.8, 4) is 0 Å². The van der Waals surface area contributed by atoms with Gasteiger partial charge < -0.3 is 15.9 Å². The summed E-state index contributed by atoms with van der Waals surface area (Å²) in [4.78, 5) is 21.7. The number of nitrogen functional groups attached to an aromatic ring is 1. The van der Waals surface area contributed by atoms with Crippen LogP contribution in [-0.2, 0) is 9.59 Å². The minimum Gasteiger partial charge on any atom is -0.477 e. The molecule has 4 N–H and O–H groups in total. The van der Waals surface area contributed by atoms with Gasteiger partial charge in [0.2, 0.25) is 0 Å². The number of carboxylic acid groups (broad SMARTS) is 2. The van der Waals surface area contributed by atoms with E-state index in [1.165, 1.54) is 6.92 Å². The largest absolute Gasteiger partial charge is 0.477 e. The molecule has 90 valence electrons. The first kappa shape index (κ1) is 12.8. The van der Waals surface area contributed by atoms with Crippen LogP contribution in [0.2, 0.25) is 0 Å². The Morgan fingerprint density at radius 2 is 1.71 bits per heavy atom. The van der Waals surface area contributed by atoms with Gasteiger partial charge in [-0.1, -0.05) is 6.07 Å². The molecule has 0 heterocycles. The van der Waals surface area contributed by atoms with E-state index in [9.17, 15) is 9.59 Å². The van der Waals surface area contributed by atoms with Gasteiger partial charge >= 0.3 is 11.9 Å². The second-order valence-electron chi connectivity index (χ2n) is 3.68. The molecule has 0 aliphatic carbocycles. The maximum Gasteiger partial charge on any atom is 0.343 e. The fourth-order valence-corrected chi connectivity index (χ4v) is 1.65. The maximum atomic E-state index is 10.9. The molecule has 0 aliphatic rings. The van der Waals surface area contributed by atoms with Crippen LogP contribution in [0.1, 0.15) is 18.1 Å². The molecule has 0 radical (unpaired) electrons. The minimum atomic E-state index is -1.45. The van der Waals surface area contributed by atoms with E-state index in [0.29, 0.717) is 11.3 Å². The van der Waals surface area contributed by atoms with Gasteiger partial charge in [-0.25, -0.2) is 9.59 Å². The number of hydrogen-bond acceptors (Lipinski definition) is 3. The number of nitrogens with two attached hydrogens (primary N) is 1. The molecule has 0 amide bonds. The predicted octanol–water partition coefficient (Wildman–Crippen LogP) is 1.52. The molecule has 0 aromatic heterocycles. The lowest BCUT2D eigenvalue weighted by molar-refractivity contribution is -0.140. The Morgan fingerprint density at radius 1 is 1.18 bits per heavy atom. The zero-order valence-corrected chi connectivity index (χ0v) is 9.52. The molecule has 0 fully saturated rings. The summed E-state index contributed by atoms with van der Waals surface area (Å²) in [7, 11) is 0. The SMILES string of the molecule is CC(=C(C(=O)O)C(=O)O)c1ccc(N)cc1C. The van der Waals surface area contributed by atoms with Crippen LogP contribution in [0.5, 0.6) is 0 Å². The van der Waals surface area contributed by atoms with E-state index in [1.54, 1.807) is 25.1 Å². The van der Waals surface area contributed by atoms with Crippen LogP contribution in [0.4, 0.5) is 5.69 Å². The molecule has 1 aromatic carbocycles. The molecule has 0 aliphatic heterocycles. The summed E-state index contributed by atoms with van der Waals surface area (Å²) in [6.07, 6.45) is 0. The lowest BCUT2D eigenvalue weighted by atomic mass is 9.97. The molecule has 1 rings (SSSR count). The molecule has 5 heteroatoms. The van der Waals surface area contributed by atoms with Crippen LogP contribution in [0, 0.1) is 6.92 Å². The number of anilines is 1. The average molecular weight is 235 g/mol. The third kappa shape index (κ3) is 2.63. The van der Waals surface area contributed by atoms with Crippen molar-refractivity contribution < 1.29 is 19.8 Å². The van der Waals surface area contributed by atoms with E-state index >= 15 is 0 Å². The summed E-state index contributed by atoms with van der Waals surface area (Å²) in [6.45, 7) is 3.21. The lowest BCUT2D eigenvalue weighted by Gasteiger charge is -2.09. The molecule has 1 aromatic rings. The molecular formula is C12H13NO4. The molecular weight excluding hydrogens is 222 g/mol. The number of benzene rings is 1. The Balaban J connectivity index is 3.44. The standard InChI is InChI=1S/C12H13NO4/c1-6-5-8(13)3-4-9(6)7(2)10(11(14)15)12(16)17/h3-5H,13H2,1-2H3,(H,14,15)(H,16,17). The molecule has 0 saturated carbocycles. The first-order valence-electron chi connectivity index (χ1n) is 4.88. The molecule has 5 nitrogen and oxygen atoms in total. The fraction of sp³-hybridized carbons (Fsp3) is 0.167. The van der Waals surface area contributed by atoms with Gasteiger partial charge in [-0.05, 0) is 42.7 Å². The van der Waals surface area contributed by atoms with Crippen molar-refractivity contribution in [2.24, 2.45) is 0 Å². The second kappa shape index (κ2) is 4.69. The predicted molar refractivity (Wildman–Crippen MR) is 63.5 cm³/mol. The number of carboxylic acids is 2. The molecule has 0 spiro atoms. The van der Waals surface area contributed by atoms with Gasteiger partial charge in [0.05, 0.1) is 0 Å². The second-order valence-corrected chi connectivity index (χ2v) is 3.68. The van der Waals surface area contributed by atoms with Crippen molar-refractivity contribution in [2.75, 3.05) is 5.73 Å². The lowest BCUT2D eigenvalue weighted by Crippen LogP contribution is -2.13. The van der Waals surface area contributed by atoms with Crippen molar-refractivity contribution in [1.82, 2.24) is 0 Å². The topological polar surface area (TPSA) is 101 Å². The highest BCUT2D eigenvalue weighted by atomic mass is 16.4. The van der Waals surface area contributed by atoms with Crippen LogP contribution < -0.4 is 5.73 Å². The quantitative estimate of drug-likeness (QED) is 0.319. The van der Waals surface area contributed by atoms with Crippen molar-refractivity contribution in [3.63, 3.8) is 0 Å². The highest BCUT2D eigenvalue weighted by Crippen LogP contribution is 2.24. The smallest absolute Gasteiger partial charge is 0.343 e. The summed E-state index contributed by atoms with van der Waals surface area (Å²) in [5, 5.41) is 17.7. The van der Waals surface area contributed by atoms with E-state index in [0.717, 1.165) is 5.56 Å². The van der Waals surface area contributed by atoms with E-state index < -0.39 is 17.5 Å². The zero-order valence-electron chi connectivity index (χ0n) is 9.52. The van der Waals surface area contributed by atoms with E-state index in [4.69, 9.17) is 15.9 Å². The van der Waals surface area contributed by atoms with Crippen molar-refractivity contribution >= 4 is 23.2 Å². The van der Waals surface area contributed by atoms with Gasteiger partial charge in [0, 0.05) is 5.69 Å². The monoisotopic (exact) mass is 235 g/mol. The Bertz CT molecular complexity index is 501. The van der Waals surface area contributed by atoms with Crippen LogP contribution in [0.15, 0.2) is 23.8 Å². The number of rotatable bonds is 3. The van der Waals surface area contributed by atoms with E-state index in [-0.39, 0.29) is 5.57 Å². The summed E-state index contributed by atoms with van der Waals surface area (Å²) < 4.78 is 0. The Morgan fingerprint density at radius 3 is 2.12 bits per heavy atom. The highest BCUT2D eigenvalue weighted by Gasteiger charge is 2.21. The first-order valence-corrected chi connectivity index (χ1v) is 4.88. The normalized spacial score (nSPS) is 9.76. The molecule has 0 bridgehead atoms. The van der Waals surface area contributed by atoms with Crippen LogP contribution in [0.3, 0.4) is 0 Å². The summed E-state index contributed by atoms with van der Waals surface area (Å²) >= 11 is 0. The van der Waals surface area contributed by atoms with Gasteiger partial charge in [-0.15, -0.1) is 0 Å². The van der Waals surface area contributed by atoms with Crippen molar-refractivity contribution in [1.29, 1.82) is 0 Å². The summed E-state index contributed by atoms with van der Waals surface area (Å²) in [5.41, 5.74) is 7.01. The number of allylic oxidation sites excluding steroid dienone is 1. The van der Waals surface area contributed by atoms with E-state index in [1.807, 2.05) is 0 Å². The third-order valence-electron chi connectivity index (χ3n) is 2.46. The summed E-state index contributed by atoms with van der Waals surface area (Å²) in [5.74, 6) is -2.91. The zero-order chi connectivity index (χ0) is 13.2. The highest BCUT2D eigenvalue weighted by molar-refractivity contribution is 6.18. The third-order valence-corrected chi connectivity index (χ3v) is 2.46. The van der Waals surface area contributed by atoms with Gasteiger partial charge in [0.25, 0.3) is 0 Å². The summed E-state index contributed by atoms with van der Waals surface area (Å²) in [6, 6.07) is 4.89. The number of carbonyl (C=O) groups is 2. The van der Waals surface area contributed by atoms with Crippen LogP contribution in [0.25, 0.3) is 5.57 Å². The van der Waals surface area contributed by atoms with E-state index in [2.05, 4.69) is 0 Å². The van der Waals surface area contributed by atoms with Gasteiger partial charge in [0.1, 0.15) is 5.57 Å². The van der Waals surface area contributed by atoms with Crippen LogP contribution >= 0.6 is 0 Å². The first-order chi connectivity index (χ1) is 7.84. The molecule has 0 atom stereocenters. The Kier molecular flexibility index (Phi) is 3.52. The molecule has 17 heavy (non-hydrogen) atoms. The number of aryl methyl sites for hydroxylation is 1.